The Morgan fingerprint density at radius 2 is 1.95 bits per heavy atom. The van der Waals surface area contributed by atoms with Crippen molar-refractivity contribution in [2.24, 2.45) is 7.05 Å². The van der Waals surface area contributed by atoms with Gasteiger partial charge in [0.1, 0.15) is 23.2 Å². The summed E-state index contributed by atoms with van der Waals surface area (Å²) in [6, 6.07) is 4.44. The van der Waals surface area contributed by atoms with Crippen molar-refractivity contribution in [2.45, 2.75) is 22.6 Å². The zero-order chi connectivity index (χ0) is 29.0. The van der Waals surface area contributed by atoms with Gasteiger partial charge in [0.15, 0.2) is 0 Å². The molecule has 2 aliphatic rings. The third-order valence-corrected chi connectivity index (χ3v) is 8.44. The Labute approximate surface area is 236 Å². The molecule has 1 fully saturated rings. The van der Waals surface area contributed by atoms with Crippen molar-refractivity contribution in [1.82, 2.24) is 51.5 Å². The number of carboxylic acids is 1. The number of thioether (sulfide) groups is 2. The first-order valence-electron chi connectivity index (χ1n) is 11.8. The van der Waals surface area contributed by atoms with Crippen LogP contribution in [0.4, 0.5) is 9.59 Å². The number of amides is 6. The van der Waals surface area contributed by atoms with Crippen LogP contribution >= 0.6 is 23.5 Å². The maximum absolute atomic E-state index is 13.4. The van der Waals surface area contributed by atoms with Gasteiger partial charge in [0.25, 0.3) is 5.91 Å². The number of tetrazole rings is 1. The quantitative estimate of drug-likeness (QED) is 0.139. The number of hydrazine groups is 1. The maximum Gasteiger partial charge on any atom is 0.352 e. The predicted octanol–water partition coefficient (Wildman–Crippen LogP) is -0.732. The third kappa shape index (κ3) is 5.87. The molecule has 1 saturated heterocycles. The third-order valence-electron chi connectivity index (χ3n) is 6.01. The molecule has 2 aromatic rings. The number of hydrogen-bond donors (Lipinski definition) is 5. The van der Waals surface area contributed by atoms with Crippen LogP contribution in [0, 0.1) is 0 Å². The zero-order valence-electron chi connectivity index (χ0n) is 21.5. The highest BCUT2D eigenvalue weighted by Gasteiger charge is 2.54. The number of fused-ring (bicyclic) bond motifs is 1. The lowest BCUT2D eigenvalue weighted by molar-refractivity contribution is -0.151. The number of aromatic nitrogens is 4. The van der Waals surface area contributed by atoms with Gasteiger partial charge in [0, 0.05) is 32.6 Å². The number of β-lactam (4-membered cyclic amide) rings is 1. The Bertz CT molecular complexity index is 1350. The number of aryl methyl sites for hydroxylation is 1. The molecule has 0 spiro atoms. The van der Waals surface area contributed by atoms with Crippen LogP contribution in [0.3, 0.4) is 0 Å². The monoisotopic (exact) mass is 590 g/mol. The van der Waals surface area contributed by atoms with Crippen LogP contribution in [0.5, 0.6) is 0 Å². The summed E-state index contributed by atoms with van der Waals surface area (Å²) in [6.45, 7) is 0. The first-order valence-corrected chi connectivity index (χ1v) is 13.8. The van der Waals surface area contributed by atoms with Crippen LogP contribution < -0.4 is 21.5 Å². The number of carboxylic acid groups (broad SMARTS) is 1. The van der Waals surface area contributed by atoms with Crippen molar-refractivity contribution >= 4 is 53.4 Å². The van der Waals surface area contributed by atoms with Crippen molar-refractivity contribution in [3.8, 4) is 0 Å². The number of carbonyl (C=O) groups excluding carboxylic acids is 4. The molecule has 0 radical (unpaired) electrons. The molecule has 3 heterocycles. The molecular weight excluding hydrogens is 564 g/mol. The minimum atomic E-state index is -1.26. The molecular formula is C22H26N10O6S2. The first-order chi connectivity index (χ1) is 19.1. The summed E-state index contributed by atoms with van der Waals surface area (Å²) in [5, 5.41) is 26.1. The Morgan fingerprint density at radius 1 is 1.23 bits per heavy atom. The standard InChI is InChI=1S/C22H26N10O6S2/c1-23-26-21(38)30(2)20(37)25-13(11-7-5-4-6-8-11)16(33)24-14-17(34)32-15(19(35)36)12(9-39-18(14)32)10-40-22-27-28-29-31(22)3/h4-8,13-14,18,23H,9-10H2,1-3H3,(H,24,33)(H,25,37)(H,26,38)(H,35,36)/t13?,14?,18-/m0/s1. The van der Waals surface area contributed by atoms with Gasteiger partial charge >= 0.3 is 18.0 Å². The van der Waals surface area contributed by atoms with Crippen LogP contribution in [-0.4, -0.2) is 102 Å². The van der Waals surface area contributed by atoms with E-state index < -0.39 is 47.3 Å². The Balaban J connectivity index is 1.49. The minimum absolute atomic E-state index is 0.132. The number of nitrogens with zero attached hydrogens (tertiary/aromatic N) is 6. The Morgan fingerprint density at radius 3 is 2.58 bits per heavy atom. The summed E-state index contributed by atoms with van der Waals surface area (Å²) in [7, 11) is 4.34. The molecule has 6 amide bonds. The van der Waals surface area contributed by atoms with E-state index in [4.69, 9.17) is 0 Å². The fourth-order valence-corrected chi connectivity index (χ4v) is 6.31. The first kappa shape index (κ1) is 28.8. The highest BCUT2D eigenvalue weighted by molar-refractivity contribution is 8.01. The number of rotatable bonds is 9. The molecule has 16 nitrogen and oxygen atoms in total. The summed E-state index contributed by atoms with van der Waals surface area (Å²) in [6.07, 6.45) is 0. The van der Waals surface area contributed by atoms with E-state index >= 15 is 0 Å². The van der Waals surface area contributed by atoms with Crippen LogP contribution in [0.2, 0.25) is 0 Å². The number of aliphatic carboxylic acids is 1. The van der Waals surface area contributed by atoms with Gasteiger partial charge in [0.05, 0.1) is 0 Å². The van der Waals surface area contributed by atoms with Gasteiger partial charge in [0.2, 0.25) is 11.1 Å². The average Bonchev–Trinajstić information content (AvgIpc) is 3.36. The predicted molar refractivity (Wildman–Crippen MR) is 142 cm³/mol. The molecule has 4 rings (SSSR count). The van der Waals surface area contributed by atoms with Gasteiger partial charge in [-0.05, 0) is 21.6 Å². The van der Waals surface area contributed by atoms with Gasteiger partial charge in [-0.25, -0.2) is 29.4 Å². The largest absolute Gasteiger partial charge is 0.477 e. The number of urea groups is 2. The smallest absolute Gasteiger partial charge is 0.352 e. The van der Waals surface area contributed by atoms with Gasteiger partial charge in [-0.3, -0.25) is 19.9 Å². The van der Waals surface area contributed by atoms with Gasteiger partial charge in [-0.15, -0.1) is 16.9 Å². The molecule has 0 aliphatic carbocycles. The van der Waals surface area contributed by atoms with Gasteiger partial charge in [-0.1, -0.05) is 42.1 Å². The molecule has 5 N–H and O–H groups in total. The second-order valence-electron chi connectivity index (χ2n) is 8.56. The van der Waals surface area contributed by atoms with Crippen LogP contribution in [0.15, 0.2) is 46.8 Å². The molecule has 40 heavy (non-hydrogen) atoms. The SMILES string of the molecule is CNNC(=O)N(C)C(=O)NC(C(=O)NC1C(=O)N2C(C(=O)O)=C(CSc3nnnn3C)CS[C@@H]12)c1ccccc1. The molecule has 1 aromatic carbocycles. The zero-order valence-corrected chi connectivity index (χ0v) is 23.2. The van der Waals surface area contributed by atoms with Crippen LogP contribution in [0.25, 0.3) is 0 Å². The minimum Gasteiger partial charge on any atom is -0.477 e. The van der Waals surface area contributed by atoms with E-state index in [1.807, 2.05) is 0 Å². The molecule has 1 aromatic heterocycles. The van der Waals surface area contributed by atoms with E-state index in [0.29, 0.717) is 22.0 Å². The Kier molecular flexibility index (Phi) is 8.90. The number of nitrogens with one attached hydrogen (secondary N) is 4. The highest BCUT2D eigenvalue weighted by Crippen LogP contribution is 2.41. The summed E-state index contributed by atoms with van der Waals surface area (Å²) in [5.41, 5.74) is 5.47. The van der Waals surface area contributed by atoms with E-state index in [2.05, 4.69) is 37.0 Å². The number of imide groups is 1. The van der Waals surface area contributed by atoms with Gasteiger partial charge < -0.3 is 15.7 Å². The normalized spacial score (nSPS) is 18.8. The van der Waals surface area contributed by atoms with Gasteiger partial charge in [-0.2, -0.15) is 0 Å². The molecule has 0 saturated carbocycles. The van der Waals surface area contributed by atoms with E-state index in [9.17, 15) is 29.1 Å². The number of hydrogen-bond acceptors (Lipinski definition) is 11. The molecule has 18 heteroatoms. The second kappa shape index (κ2) is 12.3. The molecule has 212 valence electrons. The van der Waals surface area contributed by atoms with E-state index in [0.717, 1.165) is 9.80 Å². The summed E-state index contributed by atoms with van der Waals surface area (Å²) >= 11 is 2.56. The lowest BCUT2D eigenvalue weighted by Crippen LogP contribution is -2.71. The lowest BCUT2D eigenvalue weighted by Gasteiger charge is -2.49. The van der Waals surface area contributed by atoms with Crippen molar-refractivity contribution in [3.63, 3.8) is 0 Å². The Hall–Kier alpha value is -4.16. The van der Waals surface area contributed by atoms with Crippen LogP contribution in [-0.2, 0) is 21.4 Å². The van der Waals surface area contributed by atoms with E-state index in [1.165, 1.54) is 42.3 Å². The summed E-state index contributed by atoms with van der Waals surface area (Å²) in [5.74, 6) is -1.97. The summed E-state index contributed by atoms with van der Waals surface area (Å²) in [4.78, 5) is 65.3. The van der Waals surface area contributed by atoms with Crippen LogP contribution in [0.1, 0.15) is 11.6 Å². The maximum atomic E-state index is 13.4. The fourth-order valence-electron chi connectivity index (χ4n) is 3.98. The van der Waals surface area contributed by atoms with E-state index in [1.54, 1.807) is 37.4 Å². The van der Waals surface area contributed by atoms with Crippen molar-refractivity contribution in [1.29, 1.82) is 0 Å². The van der Waals surface area contributed by atoms with E-state index in [-0.39, 0.29) is 11.4 Å². The van der Waals surface area contributed by atoms with Crippen molar-refractivity contribution < 1.29 is 29.1 Å². The second-order valence-corrected chi connectivity index (χ2v) is 10.6. The van der Waals surface area contributed by atoms with Crippen molar-refractivity contribution in [2.75, 3.05) is 25.6 Å². The average molecular weight is 591 g/mol. The summed E-state index contributed by atoms with van der Waals surface area (Å²) < 4.78 is 1.46. The molecule has 3 atom stereocenters. The highest BCUT2D eigenvalue weighted by atomic mass is 32.2. The van der Waals surface area contributed by atoms with Crippen molar-refractivity contribution in [3.05, 3.63) is 47.2 Å². The fraction of sp³-hybridized carbons (Fsp3) is 0.364. The number of benzene rings is 1. The lowest BCUT2D eigenvalue weighted by atomic mass is 10.0. The molecule has 0 bridgehead atoms. The topological polar surface area (TPSA) is 204 Å². The molecule has 2 aliphatic heterocycles. The molecule has 2 unspecified atom stereocenters. The number of carbonyl (C=O) groups is 5.